The van der Waals surface area contributed by atoms with Crippen molar-refractivity contribution in [1.82, 2.24) is 14.7 Å². The Morgan fingerprint density at radius 2 is 1.95 bits per heavy atom. The van der Waals surface area contributed by atoms with Crippen molar-refractivity contribution in [3.8, 4) is 11.1 Å². The van der Waals surface area contributed by atoms with E-state index in [-0.39, 0.29) is 6.04 Å². The van der Waals surface area contributed by atoms with Crippen LogP contribution in [0.4, 0.5) is 0 Å². The van der Waals surface area contributed by atoms with Crippen LogP contribution in [-0.4, -0.2) is 9.38 Å². The quantitative estimate of drug-likeness (QED) is 0.768. The van der Waals surface area contributed by atoms with Gasteiger partial charge in [-0.3, -0.25) is 0 Å². The summed E-state index contributed by atoms with van der Waals surface area (Å²) in [6.07, 6.45) is 10.4. The van der Waals surface area contributed by atoms with E-state index in [9.17, 15) is 0 Å². The molecule has 1 unspecified atom stereocenters. The van der Waals surface area contributed by atoms with E-state index in [1.54, 1.807) is 0 Å². The average Bonchev–Trinajstić information content (AvgIpc) is 2.99. The van der Waals surface area contributed by atoms with Crippen molar-refractivity contribution in [2.45, 2.75) is 13.0 Å². The van der Waals surface area contributed by atoms with Crippen molar-refractivity contribution in [3.05, 3.63) is 84.5 Å². The lowest BCUT2D eigenvalue weighted by atomic mass is 10.1. The fourth-order valence-corrected chi connectivity index (χ4v) is 2.87. The van der Waals surface area contributed by atoms with E-state index >= 15 is 0 Å². The van der Waals surface area contributed by atoms with Crippen molar-refractivity contribution < 1.29 is 0 Å². The molecule has 3 heteroatoms. The Labute approximate surface area is 129 Å². The maximum atomic E-state index is 4.57. The predicted molar refractivity (Wildman–Crippen MR) is 89.4 cm³/mol. The van der Waals surface area contributed by atoms with Crippen molar-refractivity contribution in [2.24, 2.45) is 0 Å². The number of fused-ring (bicyclic) bond motifs is 1. The molecule has 3 heterocycles. The number of nitrogens with zero attached hydrogens (tertiary/aromatic N) is 2. The minimum atomic E-state index is 0.169. The molecule has 0 radical (unpaired) electrons. The van der Waals surface area contributed by atoms with Crippen LogP contribution in [0, 0.1) is 0 Å². The van der Waals surface area contributed by atoms with Crippen LogP contribution in [0.1, 0.15) is 18.7 Å². The van der Waals surface area contributed by atoms with Crippen molar-refractivity contribution in [2.75, 3.05) is 0 Å². The van der Waals surface area contributed by atoms with Gasteiger partial charge in [-0.25, -0.2) is 4.98 Å². The number of hydrogen-bond donors (Lipinski definition) is 1. The molecule has 22 heavy (non-hydrogen) atoms. The van der Waals surface area contributed by atoms with Gasteiger partial charge in [-0.15, -0.1) is 0 Å². The van der Waals surface area contributed by atoms with Gasteiger partial charge in [0.15, 0.2) is 0 Å². The number of pyridine rings is 1. The van der Waals surface area contributed by atoms with Gasteiger partial charge in [-0.2, -0.15) is 0 Å². The van der Waals surface area contributed by atoms with E-state index in [1.165, 1.54) is 16.8 Å². The van der Waals surface area contributed by atoms with E-state index in [4.69, 9.17) is 0 Å². The molecule has 108 valence electrons. The zero-order valence-electron chi connectivity index (χ0n) is 12.4. The highest BCUT2D eigenvalue weighted by Gasteiger charge is 2.15. The zero-order valence-corrected chi connectivity index (χ0v) is 12.4. The predicted octanol–water partition coefficient (Wildman–Crippen LogP) is 4.11. The molecule has 0 amide bonds. The summed E-state index contributed by atoms with van der Waals surface area (Å²) in [6, 6.07) is 14.8. The summed E-state index contributed by atoms with van der Waals surface area (Å²) in [5.41, 5.74) is 5.69. The molecule has 1 aromatic carbocycles. The van der Waals surface area contributed by atoms with Gasteiger partial charge in [0.05, 0.1) is 17.9 Å². The van der Waals surface area contributed by atoms with E-state index in [0.29, 0.717) is 0 Å². The Balaban J connectivity index is 1.75. The molecule has 1 aliphatic rings. The summed E-state index contributed by atoms with van der Waals surface area (Å²) in [4.78, 5) is 4.57. The Kier molecular flexibility index (Phi) is 3.04. The minimum Gasteiger partial charge on any atom is -0.377 e. The maximum Gasteiger partial charge on any atom is 0.137 e. The van der Waals surface area contributed by atoms with Crippen LogP contribution in [0.2, 0.25) is 0 Å². The lowest BCUT2D eigenvalue weighted by Crippen LogP contribution is -2.20. The van der Waals surface area contributed by atoms with Gasteiger partial charge in [-0.1, -0.05) is 42.5 Å². The summed E-state index contributed by atoms with van der Waals surface area (Å²) in [5.74, 6) is 0. The van der Waals surface area contributed by atoms with Gasteiger partial charge < -0.3 is 9.72 Å². The monoisotopic (exact) mass is 287 g/mol. The number of benzene rings is 1. The van der Waals surface area contributed by atoms with Gasteiger partial charge in [0.25, 0.3) is 0 Å². The molecule has 0 spiro atoms. The molecule has 1 aliphatic heterocycles. The Morgan fingerprint density at radius 3 is 2.77 bits per heavy atom. The topological polar surface area (TPSA) is 29.3 Å². The number of nitrogens with one attached hydrogen (secondary N) is 1. The van der Waals surface area contributed by atoms with Crippen molar-refractivity contribution in [3.63, 3.8) is 0 Å². The first-order chi connectivity index (χ1) is 10.8. The molecular weight excluding hydrogens is 270 g/mol. The third-order valence-electron chi connectivity index (χ3n) is 4.00. The second-order valence-electron chi connectivity index (χ2n) is 5.55. The molecule has 3 aromatic rings. The van der Waals surface area contributed by atoms with Gasteiger partial charge >= 0.3 is 0 Å². The lowest BCUT2D eigenvalue weighted by Gasteiger charge is -2.19. The van der Waals surface area contributed by atoms with E-state index in [1.807, 2.05) is 12.3 Å². The summed E-state index contributed by atoms with van der Waals surface area (Å²) < 4.78 is 2.15. The van der Waals surface area contributed by atoms with Crippen LogP contribution in [-0.2, 0) is 0 Å². The molecule has 0 aliphatic carbocycles. The molecular formula is C19H17N3. The highest BCUT2D eigenvalue weighted by Crippen LogP contribution is 2.24. The Morgan fingerprint density at radius 1 is 1.09 bits per heavy atom. The van der Waals surface area contributed by atoms with E-state index in [0.717, 1.165) is 11.3 Å². The summed E-state index contributed by atoms with van der Waals surface area (Å²) >= 11 is 0. The largest absolute Gasteiger partial charge is 0.377 e. The number of hydrogen-bond acceptors (Lipinski definition) is 2. The number of rotatable bonds is 2. The SMILES string of the molecule is CC1=CC=CC(c2cnc3cc(-c4ccccc4)ccn23)N1. The van der Waals surface area contributed by atoms with Gasteiger partial charge in [-0.05, 0) is 36.3 Å². The van der Waals surface area contributed by atoms with Crippen LogP contribution in [0.3, 0.4) is 0 Å². The third-order valence-corrected chi connectivity index (χ3v) is 4.00. The molecule has 1 N–H and O–H groups in total. The third kappa shape index (κ3) is 2.21. The normalized spacial score (nSPS) is 17.3. The first-order valence-corrected chi connectivity index (χ1v) is 7.45. The fraction of sp³-hybridized carbons (Fsp3) is 0.105. The minimum absolute atomic E-state index is 0.169. The molecule has 1 atom stereocenters. The summed E-state index contributed by atoms with van der Waals surface area (Å²) in [7, 11) is 0. The van der Waals surface area contributed by atoms with Gasteiger partial charge in [0.1, 0.15) is 5.65 Å². The van der Waals surface area contributed by atoms with Crippen molar-refractivity contribution >= 4 is 5.65 Å². The second kappa shape index (κ2) is 5.19. The summed E-state index contributed by atoms with van der Waals surface area (Å²) in [5, 5.41) is 3.47. The lowest BCUT2D eigenvalue weighted by molar-refractivity contribution is 0.678. The smallest absolute Gasteiger partial charge is 0.137 e. The first kappa shape index (κ1) is 12.9. The van der Waals surface area contributed by atoms with Crippen LogP contribution >= 0.6 is 0 Å². The average molecular weight is 287 g/mol. The second-order valence-corrected chi connectivity index (χ2v) is 5.55. The number of imidazole rings is 1. The number of allylic oxidation sites excluding steroid dienone is 3. The first-order valence-electron chi connectivity index (χ1n) is 7.45. The molecule has 2 aromatic heterocycles. The van der Waals surface area contributed by atoms with E-state index < -0.39 is 0 Å². The van der Waals surface area contributed by atoms with Crippen LogP contribution < -0.4 is 5.32 Å². The van der Waals surface area contributed by atoms with Crippen molar-refractivity contribution in [1.29, 1.82) is 0 Å². The standard InChI is InChI=1S/C19H17N3/c1-14-6-5-9-17(21-14)18-13-20-19-12-16(10-11-22(18)19)15-7-3-2-4-8-15/h2-13,17,21H,1H3. The Bertz CT molecular complexity index is 872. The highest BCUT2D eigenvalue weighted by molar-refractivity contribution is 5.67. The van der Waals surface area contributed by atoms with Gasteiger partial charge in [0.2, 0.25) is 0 Å². The molecule has 3 nitrogen and oxygen atoms in total. The molecule has 0 fully saturated rings. The molecule has 0 saturated heterocycles. The maximum absolute atomic E-state index is 4.57. The fourth-order valence-electron chi connectivity index (χ4n) is 2.87. The zero-order chi connectivity index (χ0) is 14.9. The Hall–Kier alpha value is -2.81. The number of aromatic nitrogens is 2. The van der Waals surface area contributed by atoms with Crippen LogP contribution in [0.15, 0.2) is 78.8 Å². The molecule has 0 saturated carbocycles. The highest BCUT2D eigenvalue weighted by atomic mass is 15.1. The molecule has 4 rings (SSSR count). The van der Waals surface area contributed by atoms with Gasteiger partial charge in [0, 0.05) is 11.9 Å². The van der Waals surface area contributed by atoms with Crippen LogP contribution in [0.25, 0.3) is 16.8 Å². The van der Waals surface area contributed by atoms with E-state index in [2.05, 4.69) is 82.4 Å². The number of dihydropyridines is 1. The summed E-state index contributed by atoms with van der Waals surface area (Å²) in [6.45, 7) is 2.08. The van der Waals surface area contributed by atoms with Crippen LogP contribution in [0.5, 0.6) is 0 Å². The molecule has 0 bridgehead atoms.